The smallest absolute Gasteiger partial charge is 0.253 e. The molecule has 0 saturated heterocycles. The first-order chi connectivity index (χ1) is 20.5. The van der Waals surface area contributed by atoms with Crippen molar-refractivity contribution in [2.45, 2.75) is 69.2 Å². The van der Waals surface area contributed by atoms with Gasteiger partial charge in [0.1, 0.15) is 10.3 Å². The average Bonchev–Trinajstić information content (AvgIpc) is 3.58. The molecule has 0 radical (unpaired) electrons. The number of aryl methyl sites for hydroxylation is 2. The number of H-pyrrole nitrogens is 2. The second-order valence-electron chi connectivity index (χ2n) is 12.4. The SMILES string of the molecule is O/N=C1\c2c([nH]c3c2CCc2cnc(Cl)cc2-3)C2CCC12.O=C1NC2CCC2c2[nH]c3c(c21)CCc1cnc(Cl)cc1-3. The van der Waals surface area contributed by atoms with Crippen molar-refractivity contribution in [3.05, 3.63) is 79.6 Å². The van der Waals surface area contributed by atoms with Gasteiger partial charge in [-0.2, -0.15) is 0 Å². The van der Waals surface area contributed by atoms with Crippen molar-refractivity contribution < 1.29 is 10.0 Å². The fourth-order valence-electron chi connectivity index (χ4n) is 8.23. The summed E-state index contributed by atoms with van der Waals surface area (Å²) in [5, 5.41) is 17.2. The van der Waals surface area contributed by atoms with E-state index < -0.39 is 0 Å². The molecule has 2 saturated carbocycles. The predicted molar refractivity (Wildman–Crippen MR) is 160 cm³/mol. The first-order valence-electron chi connectivity index (χ1n) is 14.8. The van der Waals surface area contributed by atoms with E-state index in [1.165, 1.54) is 34.4 Å². The minimum Gasteiger partial charge on any atom is -0.411 e. The Morgan fingerprint density at radius 3 is 1.88 bits per heavy atom. The number of halogens is 2. The van der Waals surface area contributed by atoms with Crippen molar-refractivity contribution in [2.24, 2.45) is 11.1 Å². The molecule has 4 atom stereocenters. The predicted octanol–water partition coefficient (Wildman–Crippen LogP) is 6.33. The number of oxime groups is 1. The van der Waals surface area contributed by atoms with Crippen LogP contribution in [0, 0.1) is 5.92 Å². The van der Waals surface area contributed by atoms with Gasteiger partial charge in [0.2, 0.25) is 0 Å². The molecule has 10 rings (SSSR count). The number of hydrogen-bond donors (Lipinski definition) is 4. The molecule has 0 aromatic carbocycles. The lowest BCUT2D eigenvalue weighted by molar-refractivity contribution is 0.0875. The number of fused-ring (bicyclic) bond motifs is 14. The van der Waals surface area contributed by atoms with Gasteiger partial charge in [-0.3, -0.25) is 4.79 Å². The van der Waals surface area contributed by atoms with Gasteiger partial charge >= 0.3 is 0 Å². The van der Waals surface area contributed by atoms with E-state index in [1.807, 2.05) is 24.5 Å². The maximum absolute atomic E-state index is 12.4. The number of aromatic amines is 2. The van der Waals surface area contributed by atoms with Crippen LogP contribution >= 0.6 is 23.2 Å². The fourth-order valence-corrected chi connectivity index (χ4v) is 8.54. The zero-order chi connectivity index (χ0) is 28.3. The molecule has 5 heterocycles. The lowest BCUT2D eigenvalue weighted by Gasteiger charge is -2.40. The maximum atomic E-state index is 12.4. The minimum atomic E-state index is 0.0899. The number of carbonyl (C=O) groups excluding carboxylic acids is 1. The molecule has 5 aliphatic carbocycles. The van der Waals surface area contributed by atoms with Crippen molar-refractivity contribution in [2.75, 3.05) is 0 Å². The van der Waals surface area contributed by atoms with Gasteiger partial charge in [-0.05, 0) is 85.8 Å². The molecule has 0 bridgehead atoms. The van der Waals surface area contributed by atoms with Gasteiger partial charge < -0.3 is 20.5 Å². The zero-order valence-corrected chi connectivity index (χ0v) is 24.2. The Balaban J connectivity index is 0.000000119. The summed E-state index contributed by atoms with van der Waals surface area (Å²) in [5.41, 5.74) is 14.7. The molecule has 1 amide bonds. The topological polar surface area (TPSA) is 119 Å². The summed E-state index contributed by atoms with van der Waals surface area (Å²) in [5.74, 6) is 1.48. The fraction of sp³-hybridized carbons (Fsp3) is 0.375. The van der Waals surface area contributed by atoms with E-state index in [1.54, 1.807) is 0 Å². The van der Waals surface area contributed by atoms with Crippen LogP contribution < -0.4 is 5.32 Å². The molecule has 4 unspecified atom stereocenters. The van der Waals surface area contributed by atoms with E-state index in [2.05, 4.69) is 30.4 Å². The standard InChI is InChI=1S/2C16H14ClN3O/c17-12-5-11-7(6-18-12)1-2-10-13-15(19-14(10)11)8-3-4-9(8)16(13)20-21;17-12-5-10-7(6-18-12)1-2-9-13-15(20-14(9)10)8-3-4-11(8)19-16(13)21/h5-6,8-9,19,21H,1-4H2;5-6,8,11,20H,1-4H2,(H,19,21)/b20-16-;. The number of nitrogens with one attached hydrogen (secondary N) is 3. The van der Waals surface area contributed by atoms with E-state index >= 15 is 0 Å². The van der Waals surface area contributed by atoms with Crippen LogP contribution in [0.5, 0.6) is 0 Å². The number of aromatic nitrogens is 4. The van der Waals surface area contributed by atoms with Crippen LogP contribution in [-0.2, 0) is 25.7 Å². The van der Waals surface area contributed by atoms with Crippen molar-refractivity contribution in [3.63, 3.8) is 0 Å². The summed E-state index contributed by atoms with van der Waals surface area (Å²) in [4.78, 5) is 27.9. The van der Waals surface area contributed by atoms with Gasteiger partial charge in [-0.25, -0.2) is 9.97 Å². The highest BCUT2D eigenvalue weighted by Crippen LogP contribution is 2.54. The van der Waals surface area contributed by atoms with Crippen molar-refractivity contribution in [1.29, 1.82) is 0 Å². The first kappa shape index (κ1) is 24.9. The summed E-state index contributed by atoms with van der Waals surface area (Å²) in [6, 6.07) is 4.17. The Labute approximate surface area is 252 Å². The van der Waals surface area contributed by atoms with E-state index in [0.29, 0.717) is 34.1 Å². The molecule has 42 heavy (non-hydrogen) atoms. The van der Waals surface area contributed by atoms with Gasteiger partial charge in [-0.15, -0.1) is 0 Å². The van der Waals surface area contributed by atoms with Crippen LogP contribution in [0.15, 0.2) is 29.7 Å². The van der Waals surface area contributed by atoms with Gasteiger partial charge in [0.25, 0.3) is 5.91 Å². The van der Waals surface area contributed by atoms with Crippen LogP contribution in [0.1, 0.15) is 87.1 Å². The quantitative estimate of drug-likeness (QED) is 0.107. The molecule has 6 aliphatic rings. The Hall–Kier alpha value is -3.62. The maximum Gasteiger partial charge on any atom is 0.253 e. The largest absolute Gasteiger partial charge is 0.411 e. The van der Waals surface area contributed by atoms with Crippen molar-refractivity contribution >= 4 is 34.8 Å². The number of carbonyl (C=O) groups is 1. The van der Waals surface area contributed by atoms with Crippen molar-refractivity contribution in [1.82, 2.24) is 25.3 Å². The van der Waals surface area contributed by atoms with Crippen molar-refractivity contribution in [3.8, 4) is 22.5 Å². The van der Waals surface area contributed by atoms with E-state index in [-0.39, 0.29) is 5.91 Å². The van der Waals surface area contributed by atoms with Gasteiger partial charge in [-0.1, -0.05) is 28.4 Å². The molecule has 1 aliphatic heterocycles. The van der Waals surface area contributed by atoms with Crippen LogP contribution in [0.2, 0.25) is 10.3 Å². The van der Waals surface area contributed by atoms with E-state index in [0.717, 1.165) is 90.0 Å². The van der Waals surface area contributed by atoms with E-state index in [4.69, 9.17) is 23.2 Å². The van der Waals surface area contributed by atoms with Gasteiger partial charge in [0.05, 0.1) is 17.0 Å². The third kappa shape index (κ3) is 3.36. The lowest BCUT2D eigenvalue weighted by Crippen LogP contribution is -2.50. The summed E-state index contributed by atoms with van der Waals surface area (Å²) in [6.07, 6.45) is 12.0. The van der Waals surface area contributed by atoms with Crippen LogP contribution in [0.25, 0.3) is 22.5 Å². The first-order valence-corrected chi connectivity index (χ1v) is 15.6. The normalized spacial score (nSPS) is 26.0. The lowest BCUT2D eigenvalue weighted by atomic mass is 9.73. The molecule has 0 spiro atoms. The molecule has 2 fully saturated rings. The number of nitrogens with zero attached hydrogens (tertiary/aromatic N) is 3. The van der Waals surface area contributed by atoms with Crippen LogP contribution in [0.4, 0.5) is 0 Å². The molecule has 4 aromatic heterocycles. The summed E-state index contributed by atoms with van der Waals surface area (Å²) in [6.45, 7) is 0. The summed E-state index contributed by atoms with van der Waals surface area (Å²) < 4.78 is 0. The molecule has 4 aromatic rings. The second kappa shape index (κ2) is 8.94. The molecular weight excluding hydrogens is 571 g/mol. The van der Waals surface area contributed by atoms with Crippen LogP contribution in [0.3, 0.4) is 0 Å². The molecule has 8 nitrogen and oxygen atoms in total. The Bertz CT molecular complexity index is 1870. The Morgan fingerprint density at radius 2 is 1.33 bits per heavy atom. The number of pyridine rings is 2. The Kier molecular flexibility index (Phi) is 5.31. The second-order valence-corrected chi connectivity index (χ2v) is 13.2. The highest BCUT2D eigenvalue weighted by molar-refractivity contribution is 6.30. The van der Waals surface area contributed by atoms with Gasteiger partial charge in [0, 0.05) is 70.0 Å². The monoisotopic (exact) mass is 598 g/mol. The van der Waals surface area contributed by atoms with Gasteiger partial charge in [0.15, 0.2) is 0 Å². The summed E-state index contributed by atoms with van der Waals surface area (Å²) in [7, 11) is 0. The highest BCUT2D eigenvalue weighted by Gasteiger charge is 2.48. The number of hydrogen-bond acceptors (Lipinski definition) is 5. The average molecular weight is 600 g/mol. The van der Waals surface area contributed by atoms with Crippen LogP contribution in [-0.4, -0.2) is 42.8 Å². The molecule has 10 heteroatoms. The molecular formula is C32H28Cl2N6O2. The number of amides is 1. The third-order valence-electron chi connectivity index (χ3n) is 10.5. The Morgan fingerprint density at radius 1 is 0.762 bits per heavy atom. The zero-order valence-electron chi connectivity index (χ0n) is 22.7. The minimum absolute atomic E-state index is 0.0899. The van der Waals surface area contributed by atoms with E-state index in [9.17, 15) is 10.0 Å². The molecule has 4 N–H and O–H groups in total. The molecule has 212 valence electrons. The highest BCUT2D eigenvalue weighted by atomic mass is 35.5. The summed E-state index contributed by atoms with van der Waals surface area (Å²) >= 11 is 12.1. The third-order valence-corrected chi connectivity index (χ3v) is 11.0. The number of rotatable bonds is 0.